The van der Waals surface area contributed by atoms with Crippen LogP contribution in [0.1, 0.15) is 39.7 Å². The second-order valence-electron chi connectivity index (χ2n) is 7.85. The number of rotatable bonds is 5. The van der Waals surface area contributed by atoms with Crippen molar-refractivity contribution in [2.75, 3.05) is 13.1 Å². The van der Waals surface area contributed by atoms with Gasteiger partial charge in [0.15, 0.2) is 0 Å². The van der Waals surface area contributed by atoms with E-state index >= 15 is 0 Å². The summed E-state index contributed by atoms with van der Waals surface area (Å²) in [6.07, 6.45) is 1.91. The van der Waals surface area contributed by atoms with Crippen LogP contribution in [-0.2, 0) is 6.61 Å². The molecule has 0 radical (unpaired) electrons. The summed E-state index contributed by atoms with van der Waals surface area (Å²) in [5.74, 6) is 1.33. The molecule has 5 heteroatoms. The van der Waals surface area contributed by atoms with Gasteiger partial charge in [-0.3, -0.25) is 4.79 Å². The van der Waals surface area contributed by atoms with E-state index in [1.165, 1.54) is 9.71 Å². The molecule has 2 heterocycles. The quantitative estimate of drug-likeness (QED) is 0.398. The number of nitrogens with zero attached hydrogens (tertiary/aromatic N) is 2. The normalized spacial score (nSPS) is 14.6. The molecule has 1 saturated heterocycles. The van der Waals surface area contributed by atoms with E-state index in [2.05, 4.69) is 18.2 Å². The van der Waals surface area contributed by atoms with Gasteiger partial charge in [0.2, 0.25) is 0 Å². The predicted octanol–water partition coefficient (Wildman–Crippen LogP) is 5.90. The number of likely N-dealkylation sites (tertiary alicyclic amines) is 1. The Kier molecular flexibility index (Phi) is 5.67. The van der Waals surface area contributed by atoms with Gasteiger partial charge in [-0.15, -0.1) is 11.3 Å². The molecule has 1 amide bonds. The third-order valence-corrected chi connectivity index (χ3v) is 7.03. The van der Waals surface area contributed by atoms with Crippen molar-refractivity contribution in [3.63, 3.8) is 0 Å². The van der Waals surface area contributed by atoms with Crippen LogP contribution in [0.25, 0.3) is 10.2 Å². The van der Waals surface area contributed by atoms with E-state index in [1.54, 1.807) is 11.3 Å². The first kappa shape index (κ1) is 19.8. The number of piperidine rings is 1. The number of carbonyl (C=O) groups excluding carboxylic acids is 1. The van der Waals surface area contributed by atoms with E-state index in [4.69, 9.17) is 9.72 Å². The van der Waals surface area contributed by atoms with E-state index in [9.17, 15) is 4.79 Å². The summed E-state index contributed by atoms with van der Waals surface area (Å²) in [7, 11) is 0. The Balaban J connectivity index is 1.25. The molecule has 1 aromatic heterocycles. The number of fused-ring (bicyclic) bond motifs is 1. The van der Waals surface area contributed by atoms with Crippen LogP contribution in [0.2, 0.25) is 0 Å². The maximum atomic E-state index is 13.3. The number of thiazole rings is 1. The highest BCUT2D eigenvalue weighted by Gasteiger charge is 2.27. The summed E-state index contributed by atoms with van der Waals surface area (Å²) >= 11 is 1.79. The first-order valence-corrected chi connectivity index (χ1v) is 11.5. The molecule has 0 bridgehead atoms. The number of carbonyl (C=O) groups is 1. The average Bonchev–Trinajstić information content (AvgIpc) is 3.28. The van der Waals surface area contributed by atoms with Gasteiger partial charge >= 0.3 is 0 Å². The Bertz CT molecular complexity index is 1150. The molecule has 1 aliphatic rings. The van der Waals surface area contributed by atoms with E-state index in [0.717, 1.165) is 48.3 Å². The molecule has 5 rings (SSSR count). The first-order valence-electron chi connectivity index (χ1n) is 10.7. The number of para-hydroxylation sites is 2. The molecule has 0 aliphatic carbocycles. The number of hydrogen-bond donors (Lipinski definition) is 0. The number of ether oxygens (including phenoxy) is 1. The lowest BCUT2D eigenvalue weighted by molar-refractivity contribution is 0.0710. The second kappa shape index (κ2) is 8.90. The zero-order valence-electron chi connectivity index (χ0n) is 17.2. The Hall–Kier alpha value is -3.18. The largest absolute Gasteiger partial charge is 0.489 e. The summed E-state index contributed by atoms with van der Waals surface area (Å²) < 4.78 is 7.14. The van der Waals surface area contributed by atoms with Crippen molar-refractivity contribution in [2.45, 2.75) is 25.4 Å². The van der Waals surface area contributed by atoms with Gasteiger partial charge in [0, 0.05) is 30.1 Å². The van der Waals surface area contributed by atoms with Crippen LogP contribution in [-0.4, -0.2) is 28.9 Å². The van der Waals surface area contributed by atoms with Crippen LogP contribution in [0.3, 0.4) is 0 Å². The third-order valence-electron chi connectivity index (χ3n) is 5.83. The molecule has 31 heavy (non-hydrogen) atoms. The van der Waals surface area contributed by atoms with Gasteiger partial charge in [0.1, 0.15) is 12.4 Å². The number of amides is 1. The fourth-order valence-corrected chi connectivity index (χ4v) is 5.23. The molecular formula is C26H24N2O2S. The highest BCUT2D eigenvalue weighted by Crippen LogP contribution is 2.34. The molecule has 0 spiro atoms. The van der Waals surface area contributed by atoms with Crippen LogP contribution >= 0.6 is 11.3 Å². The molecule has 0 N–H and O–H groups in total. The van der Waals surface area contributed by atoms with E-state index in [-0.39, 0.29) is 5.91 Å². The SMILES string of the molecule is O=C(c1ccccc1COc1ccccc1)N1CCC(c2nc3ccccc3s2)CC1. The average molecular weight is 429 g/mol. The van der Waals surface area contributed by atoms with Gasteiger partial charge in [-0.2, -0.15) is 0 Å². The predicted molar refractivity (Wildman–Crippen MR) is 125 cm³/mol. The van der Waals surface area contributed by atoms with Crippen LogP contribution in [0.15, 0.2) is 78.9 Å². The van der Waals surface area contributed by atoms with Gasteiger partial charge in [-0.05, 0) is 43.2 Å². The van der Waals surface area contributed by atoms with Crippen molar-refractivity contribution < 1.29 is 9.53 Å². The zero-order chi connectivity index (χ0) is 21.0. The standard InChI is InChI=1S/C26H24N2O2S/c29-26(22-11-5-4-8-20(22)18-30-21-9-2-1-3-10-21)28-16-14-19(15-17-28)25-27-23-12-6-7-13-24(23)31-25/h1-13,19H,14-18H2. The van der Waals surface area contributed by atoms with Gasteiger partial charge in [0.25, 0.3) is 5.91 Å². The van der Waals surface area contributed by atoms with Gasteiger partial charge < -0.3 is 9.64 Å². The highest BCUT2D eigenvalue weighted by atomic mass is 32.1. The number of benzene rings is 3. The van der Waals surface area contributed by atoms with E-state index < -0.39 is 0 Å². The minimum absolute atomic E-state index is 0.0926. The Morgan fingerprint density at radius 2 is 1.65 bits per heavy atom. The maximum Gasteiger partial charge on any atom is 0.254 e. The molecule has 0 atom stereocenters. The Labute approximate surface area is 186 Å². The van der Waals surface area contributed by atoms with Crippen molar-refractivity contribution in [2.24, 2.45) is 0 Å². The molecular weight excluding hydrogens is 404 g/mol. The molecule has 1 fully saturated rings. The fourth-order valence-electron chi connectivity index (χ4n) is 4.10. The number of aromatic nitrogens is 1. The molecule has 0 saturated carbocycles. The van der Waals surface area contributed by atoms with Crippen LogP contribution in [0, 0.1) is 0 Å². The second-order valence-corrected chi connectivity index (χ2v) is 8.91. The van der Waals surface area contributed by atoms with Crippen LogP contribution < -0.4 is 4.74 Å². The lowest BCUT2D eigenvalue weighted by Crippen LogP contribution is -2.38. The first-order chi connectivity index (χ1) is 15.3. The minimum atomic E-state index is 0.0926. The van der Waals surface area contributed by atoms with Gasteiger partial charge in [-0.1, -0.05) is 48.5 Å². The zero-order valence-corrected chi connectivity index (χ0v) is 18.1. The van der Waals surface area contributed by atoms with E-state index in [0.29, 0.717) is 12.5 Å². The molecule has 0 unspecified atom stereocenters. The third kappa shape index (κ3) is 4.32. The summed E-state index contributed by atoms with van der Waals surface area (Å²) in [5.41, 5.74) is 2.73. The number of hydrogen-bond acceptors (Lipinski definition) is 4. The topological polar surface area (TPSA) is 42.4 Å². The lowest BCUT2D eigenvalue weighted by Gasteiger charge is -2.31. The van der Waals surface area contributed by atoms with Gasteiger partial charge in [0.05, 0.1) is 15.2 Å². The van der Waals surface area contributed by atoms with Crippen LogP contribution in [0.5, 0.6) is 5.75 Å². The lowest BCUT2D eigenvalue weighted by atomic mass is 9.96. The van der Waals surface area contributed by atoms with Crippen molar-refractivity contribution in [3.8, 4) is 5.75 Å². The molecule has 1 aliphatic heterocycles. The highest BCUT2D eigenvalue weighted by molar-refractivity contribution is 7.18. The summed E-state index contributed by atoms with van der Waals surface area (Å²) in [5, 5.41) is 1.20. The van der Waals surface area contributed by atoms with Crippen LogP contribution in [0.4, 0.5) is 0 Å². The summed E-state index contributed by atoms with van der Waals surface area (Å²) in [4.78, 5) is 20.1. The molecule has 156 valence electrons. The van der Waals surface area contributed by atoms with E-state index in [1.807, 2.05) is 65.6 Å². The molecule has 4 nitrogen and oxygen atoms in total. The van der Waals surface area contributed by atoms with Crippen molar-refractivity contribution >= 4 is 27.5 Å². The van der Waals surface area contributed by atoms with Crippen molar-refractivity contribution in [1.29, 1.82) is 0 Å². The summed E-state index contributed by atoms with van der Waals surface area (Å²) in [6.45, 7) is 1.90. The fraction of sp³-hybridized carbons (Fsp3) is 0.231. The van der Waals surface area contributed by atoms with Crippen molar-refractivity contribution in [1.82, 2.24) is 9.88 Å². The molecule has 4 aromatic rings. The monoisotopic (exact) mass is 428 g/mol. The summed E-state index contributed by atoms with van der Waals surface area (Å²) in [6, 6.07) is 25.8. The smallest absolute Gasteiger partial charge is 0.254 e. The minimum Gasteiger partial charge on any atom is -0.489 e. The molecule has 3 aromatic carbocycles. The van der Waals surface area contributed by atoms with Gasteiger partial charge in [-0.25, -0.2) is 4.98 Å². The Morgan fingerprint density at radius 1 is 0.935 bits per heavy atom. The maximum absolute atomic E-state index is 13.3. The Morgan fingerprint density at radius 3 is 2.45 bits per heavy atom. The van der Waals surface area contributed by atoms with Crippen molar-refractivity contribution in [3.05, 3.63) is 95.0 Å².